The Labute approximate surface area is 156 Å². The lowest BCUT2D eigenvalue weighted by atomic mass is 10.1. The van der Waals surface area contributed by atoms with Gasteiger partial charge in [0.1, 0.15) is 0 Å². The van der Waals surface area contributed by atoms with E-state index < -0.39 is 0 Å². The first-order chi connectivity index (χ1) is 12.5. The summed E-state index contributed by atoms with van der Waals surface area (Å²) in [6, 6.07) is 5.99. The van der Waals surface area contributed by atoms with E-state index in [0.717, 1.165) is 42.7 Å². The summed E-state index contributed by atoms with van der Waals surface area (Å²) in [5.41, 5.74) is 1.09. The van der Waals surface area contributed by atoms with E-state index >= 15 is 0 Å². The summed E-state index contributed by atoms with van der Waals surface area (Å²) in [7, 11) is 1.90. The molecule has 6 heteroatoms. The van der Waals surface area contributed by atoms with Gasteiger partial charge in [0.2, 0.25) is 5.91 Å². The molecule has 0 aromatic heterocycles. The van der Waals surface area contributed by atoms with Crippen molar-refractivity contribution in [1.29, 1.82) is 0 Å². The van der Waals surface area contributed by atoms with Crippen molar-refractivity contribution in [1.82, 2.24) is 10.2 Å². The van der Waals surface area contributed by atoms with Crippen LogP contribution in [-0.2, 0) is 11.2 Å². The van der Waals surface area contributed by atoms with Crippen molar-refractivity contribution in [3.63, 3.8) is 0 Å². The summed E-state index contributed by atoms with van der Waals surface area (Å²) < 4.78 is 11.2. The molecule has 2 N–H and O–H groups in total. The van der Waals surface area contributed by atoms with Gasteiger partial charge in [-0.2, -0.15) is 0 Å². The molecule has 146 valence electrons. The van der Waals surface area contributed by atoms with Gasteiger partial charge < -0.3 is 19.9 Å². The highest BCUT2D eigenvalue weighted by Gasteiger charge is 2.29. The summed E-state index contributed by atoms with van der Waals surface area (Å²) in [6.07, 6.45) is 3.23. The SMILES string of the molecule is CCOc1ccc(CCNC(=O)CN(C)[C@H]2CCC[C@@H]2O)cc1OCC. The molecule has 1 aromatic carbocycles. The number of nitrogens with one attached hydrogen (secondary N) is 1. The number of ether oxygens (including phenoxy) is 2. The number of rotatable bonds is 10. The number of carbonyl (C=O) groups is 1. The van der Waals surface area contributed by atoms with Crippen LogP contribution in [0.4, 0.5) is 0 Å². The number of benzene rings is 1. The Morgan fingerprint density at radius 2 is 1.96 bits per heavy atom. The molecule has 1 saturated carbocycles. The Morgan fingerprint density at radius 1 is 1.23 bits per heavy atom. The second kappa shape index (κ2) is 10.4. The van der Waals surface area contributed by atoms with E-state index in [1.807, 2.05) is 44.0 Å². The minimum atomic E-state index is -0.311. The molecule has 0 unspecified atom stereocenters. The topological polar surface area (TPSA) is 71.0 Å². The van der Waals surface area contributed by atoms with E-state index in [2.05, 4.69) is 5.32 Å². The van der Waals surface area contributed by atoms with Gasteiger partial charge in [-0.3, -0.25) is 9.69 Å². The van der Waals surface area contributed by atoms with Gasteiger partial charge in [-0.1, -0.05) is 6.07 Å². The number of amides is 1. The van der Waals surface area contributed by atoms with E-state index in [9.17, 15) is 9.90 Å². The van der Waals surface area contributed by atoms with Gasteiger partial charge in [0, 0.05) is 12.6 Å². The number of carbonyl (C=O) groups excluding carboxylic acids is 1. The summed E-state index contributed by atoms with van der Waals surface area (Å²) in [5, 5.41) is 12.9. The van der Waals surface area contributed by atoms with Gasteiger partial charge in [0.05, 0.1) is 25.9 Å². The average Bonchev–Trinajstić information content (AvgIpc) is 3.03. The molecule has 0 saturated heterocycles. The fraction of sp³-hybridized carbons (Fsp3) is 0.650. The van der Waals surface area contributed by atoms with Crippen LogP contribution in [0.5, 0.6) is 11.5 Å². The second-order valence-corrected chi connectivity index (χ2v) is 6.73. The predicted molar refractivity (Wildman–Crippen MR) is 102 cm³/mol. The second-order valence-electron chi connectivity index (χ2n) is 6.73. The fourth-order valence-corrected chi connectivity index (χ4v) is 3.43. The highest BCUT2D eigenvalue weighted by molar-refractivity contribution is 5.78. The third-order valence-electron chi connectivity index (χ3n) is 4.75. The molecule has 1 aliphatic rings. The summed E-state index contributed by atoms with van der Waals surface area (Å²) in [4.78, 5) is 14.1. The van der Waals surface area contributed by atoms with Gasteiger partial charge in [-0.25, -0.2) is 0 Å². The Bertz CT molecular complexity index is 579. The van der Waals surface area contributed by atoms with Crippen molar-refractivity contribution in [3.05, 3.63) is 23.8 Å². The molecule has 1 aliphatic carbocycles. The summed E-state index contributed by atoms with van der Waals surface area (Å²) in [5.74, 6) is 1.48. The van der Waals surface area contributed by atoms with Crippen LogP contribution < -0.4 is 14.8 Å². The van der Waals surface area contributed by atoms with Crippen LogP contribution in [0.2, 0.25) is 0 Å². The van der Waals surface area contributed by atoms with Crippen LogP contribution >= 0.6 is 0 Å². The molecule has 0 bridgehead atoms. The van der Waals surface area contributed by atoms with E-state index in [0.29, 0.717) is 26.3 Å². The maximum absolute atomic E-state index is 12.1. The third kappa shape index (κ3) is 5.88. The molecule has 0 radical (unpaired) electrons. The van der Waals surface area contributed by atoms with Gasteiger partial charge in [0.25, 0.3) is 0 Å². The Hall–Kier alpha value is -1.79. The van der Waals surface area contributed by atoms with Crippen LogP contribution in [0.3, 0.4) is 0 Å². The molecule has 2 rings (SSSR count). The Morgan fingerprint density at radius 3 is 2.62 bits per heavy atom. The lowest BCUT2D eigenvalue weighted by Crippen LogP contribution is -2.44. The number of likely N-dealkylation sites (N-methyl/N-ethyl adjacent to an activating group) is 1. The largest absolute Gasteiger partial charge is 0.490 e. The molecule has 0 aliphatic heterocycles. The quantitative estimate of drug-likeness (QED) is 0.664. The van der Waals surface area contributed by atoms with E-state index in [1.165, 1.54) is 0 Å². The molecule has 0 heterocycles. The zero-order valence-corrected chi connectivity index (χ0v) is 16.2. The van der Waals surface area contributed by atoms with Gasteiger partial charge in [-0.05, 0) is 64.3 Å². The monoisotopic (exact) mass is 364 g/mol. The highest BCUT2D eigenvalue weighted by Crippen LogP contribution is 2.28. The van der Waals surface area contributed by atoms with Gasteiger partial charge >= 0.3 is 0 Å². The normalized spacial score (nSPS) is 19.6. The lowest BCUT2D eigenvalue weighted by molar-refractivity contribution is -0.122. The first kappa shape index (κ1) is 20.5. The van der Waals surface area contributed by atoms with Crippen molar-refractivity contribution >= 4 is 5.91 Å². The number of hydrogen-bond acceptors (Lipinski definition) is 5. The van der Waals surface area contributed by atoms with Gasteiger partial charge in [-0.15, -0.1) is 0 Å². The van der Waals surface area contributed by atoms with Crippen molar-refractivity contribution in [2.75, 3.05) is 33.4 Å². The molecule has 6 nitrogen and oxygen atoms in total. The summed E-state index contributed by atoms with van der Waals surface area (Å²) in [6.45, 7) is 5.95. The number of nitrogens with zero attached hydrogens (tertiary/aromatic N) is 1. The third-order valence-corrected chi connectivity index (χ3v) is 4.75. The van der Waals surface area contributed by atoms with Gasteiger partial charge in [0.15, 0.2) is 11.5 Å². The van der Waals surface area contributed by atoms with Crippen LogP contribution in [-0.4, -0.2) is 61.4 Å². The van der Waals surface area contributed by atoms with Crippen molar-refractivity contribution < 1.29 is 19.4 Å². The van der Waals surface area contributed by atoms with Crippen LogP contribution in [0.15, 0.2) is 18.2 Å². The molecule has 1 amide bonds. The first-order valence-corrected chi connectivity index (χ1v) is 9.58. The molecule has 1 aromatic rings. The smallest absolute Gasteiger partial charge is 0.234 e. The predicted octanol–water partition coefficient (Wildman–Crippen LogP) is 1.99. The van der Waals surface area contributed by atoms with Crippen LogP contribution in [0.1, 0.15) is 38.7 Å². The van der Waals surface area contributed by atoms with E-state index in [1.54, 1.807) is 0 Å². The van der Waals surface area contributed by atoms with Crippen LogP contribution in [0.25, 0.3) is 0 Å². The minimum absolute atomic E-state index is 0.0115. The maximum Gasteiger partial charge on any atom is 0.234 e. The van der Waals surface area contributed by atoms with E-state index in [-0.39, 0.29) is 18.1 Å². The molecule has 26 heavy (non-hydrogen) atoms. The van der Waals surface area contributed by atoms with E-state index in [4.69, 9.17) is 9.47 Å². The van der Waals surface area contributed by atoms with Crippen molar-refractivity contribution in [2.24, 2.45) is 0 Å². The Balaban J connectivity index is 1.79. The average molecular weight is 364 g/mol. The first-order valence-electron chi connectivity index (χ1n) is 9.58. The number of aliphatic hydroxyl groups excluding tert-OH is 1. The molecular weight excluding hydrogens is 332 g/mol. The molecule has 1 fully saturated rings. The zero-order chi connectivity index (χ0) is 18.9. The lowest BCUT2D eigenvalue weighted by Gasteiger charge is -2.26. The Kier molecular flexibility index (Phi) is 8.19. The summed E-state index contributed by atoms with van der Waals surface area (Å²) >= 11 is 0. The molecule has 0 spiro atoms. The van der Waals surface area contributed by atoms with Crippen molar-refractivity contribution in [3.8, 4) is 11.5 Å². The zero-order valence-electron chi connectivity index (χ0n) is 16.2. The van der Waals surface area contributed by atoms with Crippen LogP contribution in [0, 0.1) is 0 Å². The fourth-order valence-electron chi connectivity index (χ4n) is 3.43. The number of aliphatic hydroxyl groups is 1. The standard InChI is InChI=1S/C20H32N2O4/c1-4-25-18-10-9-15(13-19(18)26-5-2)11-12-21-20(24)14-22(3)16-7-6-8-17(16)23/h9-10,13,16-17,23H,4-8,11-12,14H2,1-3H3,(H,21,24)/t16-,17-/m0/s1. The van der Waals surface area contributed by atoms with Crippen molar-refractivity contribution in [2.45, 2.75) is 51.7 Å². The molecular formula is C20H32N2O4. The molecule has 2 atom stereocenters. The highest BCUT2D eigenvalue weighted by atomic mass is 16.5. The maximum atomic E-state index is 12.1. The number of hydrogen-bond donors (Lipinski definition) is 2. The minimum Gasteiger partial charge on any atom is -0.490 e.